The maximum absolute atomic E-state index is 13.1. The van der Waals surface area contributed by atoms with Gasteiger partial charge >= 0.3 is 24.1 Å². The molecule has 3 aromatic carbocycles. The molecule has 0 fully saturated rings. The summed E-state index contributed by atoms with van der Waals surface area (Å²) in [6.45, 7) is 4.20. The molecule has 1 amide bonds. The third kappa shape index (κ3) is 8.22. The van der Waals surface area contributed by atoms with Crippen LogP contribution in [-0.2, 0) is 46.6 Å². The summed E-state index contributed by atoms with van der Waals surface area (Å²) in [6, 6.07) is 18.8. The summed E-state index contributed by atoms with van der Waals surface area (Å²) in [5, 5.41) is 3.30. The average Bonchev–Trinajstić information content (AvgIpc) is 3.44. The third-order valence-electron chi connectivity index (χ3n) is 6.95. The largest absolute Gasteiger partial charge is 0.465 e. The highest BCUT2D eigenvalue weighted by molar-refractivity contribution is 7.14. The highest BCUT2D eigenvalue weighted by Crippen LogP contribution is 2.34. The van der Waals surface area contributed by atoms with Crippen LogP contribution in [0.2, 0.25) is 0 Å². The first kappa shape index (κ1) is 34.8. The fourth-order valence-corrected chi connectivity index (χ4v) is 5.48. The standard InChI is InChI=1S/C34H31F3N2O7S/c1-4-44-31(42)33(32(43)45-5-2,24-9-7-6-8-10-24)20-46-27(40)19-22-11-17-26(18-12-22)39-30(41)29-28(38-21(3)47-29)23-13-15-25(16-14-23)34(35,36)37/h6-18H,4-5,19-20H2,1-3H3,(H,39,41). The zero-order chi connectivity index (χ0) is 34.2. The van der Waals surface area contributed by atoms with Gasteiger partial charge in [-0.3, -0.25) is 19.2 Å². The number of aromatic nitrogens is 1. The van der Waals surface area contributed by atoms with E-state index >= 15 is 0 Å². The lowest BCUT2D eigenvalue weighted by Gasteiger charge is -2.29. The second kappa shape index (κ2) is 15.0. The molecule has 0 spiro atoms. The van der Waals surface area contributed by atoms with Gasteiger partial charge in [0, 0.05) is 11.3 Å². The SMILES string of the molecule is CCOC(=O)C(COC(=O)Cc1ccc(NC(=O)c2sc(C)nc2-c2ccc(C(F)(F)F)cc2)cc1)(C(=O)OCC)c1ccccc1. The van der Waals surface area contributed by atoms with Crippen LogP contribution in [0.1, 0.15) is 45.2 Å². The van der Waals surface area contributed by atoms with E-state index in [1.54, 1.807) is 75.4 Å². The van der Waals surface area contributed by atoms with Crippen LogP contribution in [0, 0.1) is 6.92 Å². The molecule has 0 radical (unpaired) electrons. The van der Waals surface area contributed by atoms with Crippen molar-refractivity contribution in [2.75, 3.05) is 25.1 Å². The minimum Gasteiger partial charge on any atom is -0.465 e. The van der Waals surface area contributed by atoms with Gasteiger partial charge < -0.3 is 19.5 Å². The van der Waals surface area contributed by atoms with Crippen LogP contribution < -0.4 is 5.32 Å². The molecular formula is C34H31F3N2O7S. The van der Waals surface area contributed by atoms with Crippen LogP contribution in [-0.4, -0.2) is 48.6 Å². The molecule has 1 N–H and O–H groups in total. The molecule has 0 saturated carbocycles. The first-order valence-electron chi connectivity index (χ1n) is 14.5. The van der Waals surface area contributed by atoms with E-state index in [1.807, 2.05) is 0 Å². The Hall–Kier alpha value is -5.04. The molecule has 9 nitrogen and oxygen atoms in total. The van der Waals surface area contributed by atoms with Gasteiger partial charge in [0.1, 0.15) is 11.5 Å². The summed E-state index contributed by atoms with van der Waals surface area (Å²) >= 11 is 1.10. The Kier molecular flexibility index (Phi) is 11.1. The minimum absolute atomic E-state index is 0.0113. The van der Waals surface area contributed by atoms with Crippen molar-refractivity contribution in [3.8, 4) is 11.3 Å². The summed E-state index contributed by atoms with van der Waals surface area (Å²) in [4.78, 5) is 56.9. The Morgan fingerprint density at radius 1 is 0.787 bits per heavy atom. The highest BCUT2D eigenvalue weighted by Gasteiger charge is 2.52. The molecule has 4 aromatic rings. The van der Waals surface area contributed by atoms with Crippen molar-refractivity contribution < 1.29 is 46.6 Å². The van der Waals surface area contributed by atoms with Gasteiger partial charge in [0.15, 0.2) is 0 Å². The number of halogens is 3. The zero-order valence-corrected chi connectivity index (χ0v) is 26.5. The number of amides is 1. The number of nitrogens with one attached hydrogen (secondary N) is 1. The van der Waals surface area contributed by atoms with Gasteiger partial charge in [-0.25, -0.2) is 4.98 Å². The molecule has 0 aliphatic rings. The van der Waals surface area contributed by atoms with Crippen molar-refractivity contribution in [2.45, 2.75) is 38.8 Å². The van der Waals surface area contributed by atoms with Gasteiger partial charge in [-0.2, -0.15) is 13.2 Å². The van der Waals surface area contributed by atoms with Gasteiger partial charge in [0.05, 0.1) is 35.9 Å². The molecule has 4 rings (SSSR count). The third-order valence-corrected chi connectivity index (χ3v) is 7.92. The molecule has 1 heterocycles. The predicted octanol–water partition coefficient (Wildman–Crippen LogP) is 6.54. The summed E-state index contributed by atoms with van der Waals surface area (Å²) in [6.07, 6.45) is -4.70. The number of aryl methyl sites for hydroxylation is 1. The molecule has 0 aliphatic carbocycles. The Balaban J connectivity index is 1.44. The fraction of sp³-hybridized carbons (Fsp3) is 0.265. The molecule has 0 aliphatic heterocycles. The number of hydrogen-bond acceptors (Lipinski definition) is 9. The van der Waals surface area contributed by atoms with Crippen molar-refractivity contribution in [3.63, 3.8) is 0 Å². The average molecular weight is 669 g/mol. The van der Waals surface area contributed by atoms with E-state index in [0.29, 0.717) is 21.8 Å². The Morgan fingerprint density at radius 3 is 1.94 bits per heavy atom. The van der Waals surface area contributed by atoms with Crippen molar-refractivity contribution in [1.29, 1.82) is 0 Å². The van der Waals surface area contributed by atoms with E-state index in [-0.39, 0.29) is 35.8 Å². The lowest BCUT2D eigenvalue weighted by Crippen LogP contribution is -2.50. The number of carbonyl (C=O) groups is 4. The highest BCUT2D eigenvalue weighted by atomic mass is 32.1. The minimum atomic E-state index is -4.49. The van der Waals surface area contributed by atoms with Gasteiger partial charge in [0.25, 0.3) is 5.91 Å². The summed E-state index contributed by atoms with van der Waals surface area (Å²) in [5.74, 6) is -3.05. The van der Waals surface area contributed by atoms with Crippen LogP contribution in [0.25, 0.3) is 11.3 Å². The smallest absolute Gasteiger partial charge is 0.416 e. The van der Waals surface area contributed by atoms with Crippen LogP contribution in [0.15, 0.2) is 78.9 Å². The maximum Gasteiger partial charge on any atom is 0.416 e. The lowest BCUT2D eigenvalue weighted by molar-refractivity contribution is -0.170. The van der Waals surface area contributed by atoms with E-state index in [0.717, 1.165) is 23.5 Å². The number of hydrogen-bond donors (Lipinski definition) is 1. The molecule has 47 heavy (non-hydrogen) atoms. The summed E-state index contributed by atoms with van der Waals surface area (Å²) in [7, 11) is 0. The Bertz CT molecular complexity index is 1700. The van der Waals surface area contributed by atoms with Crippen LogP contribution >= 0.6 is 11.3 Å². The zero-order valence-electron chi connectivity index (χ0n) is 25.7. The molecule has 0 atom stereocenters. The quantitative estimate of drug-likeness (QED) is 0.103. The molecule has 0 bridgehead atoms. The number of benzene rings is 3. The van der Waals surface area contributed by atoms with Gasteiger partial charge in [-0.05, 0) is 56.2 Å². The second-order valence-corrected chi connectivity index (χ2v) is 11.4. The van der Waals surface area contributed by atoms with E-state index < -0.39 is 47.6 Å². The van der Waals surface area contributed by atoms with E-state index in [1.165, 1.54) is 12.1 Å². The molecule has 0 unspecified atom stereocenters. The van der Waals surface area contributed by atoms with Crippen molar-refractivity contribution in [1.82, 2.24) is 4.98 Å². The van der Waals surface area contributed by atoms with Crippen LogP contribution in [0.5, 0.6) is 0 Å². The monoisotopic (exact) mass is 668 g/mol. The topological polar surface area (TPSA) is 121 Å². The molecular weight excluding hydrogens is 637 g/mol. The molecule has 1 aromatic heterocycles. The molecule has 13 heteroatoms. The second-order valence-electron chi connectivity index (χ2n) is 10.2. The normalized spacial score (nSPS) is 11.4. The summed E-state index contributed by atoms with van der Waals surface area (Å²) < 4.78 is 54.8. The number of rotatable bonds is 12. The number of anilines is 1. The summed E-state index contributed by atoms with van der Waals surface area (Å²) in [5.41, 5.74) is -1.04. The number of esters is 3. The van der Waals surface area contributed by atoms with E-state index in [4.69, 9.17) is 14.2 Å². The Labute approximate surface area is 272 Å². The van der Waals surface area contributed by atoms with Crippen molar-refractivity contribution in [3.05, 3.63) is 105 Å². The number of nitrogens with zero attached hydrogens (tertiary/aromatic N) is 1. The van der Waals surface area contributed by atoms with E-state index in [2.05, 4.69) is 10.3 Å². The van der Waals surface area contributed by atoms with Crippen LogP contribution in [0.4, 0.5) is 18.9 Å². The molecule has 246 valence electrons. The van der Waals surface area contributed by atoms with E-state index in [9.17, 15) is 32.3 Å². The Morgan fingerprint density at radius 2 is 1.38 bits per heavy atom. The molecule has 0 saturated heterocycles. The van der Waals surface area contributed by atoms with Crippen molar-refractivity contribution >= 4 is 40.8 Å². The first-order valence-corrected chi connectivity index (χ1v) is 15.3. The van der Waals surface area contributed by atoms with Gasteiger partial charge in [-0.15, -0.1) is 11.3 Å². The maximum atomic E-state index is 13.1. The fourth-order valence-electron chi connectivity index (χ4n) is 4.65. The predicted molar refractivity (Wildman–Crippen MR) is 168 cm³/mol. The van der Waals surface area contributed by atoms with Crippen molar-refractivity contribution in [2.24, 2.45) is 0 Å². The number of alkyl halides is 3. The number of ether oxygens (including phenoxy) is 3. The van der Waals surface area contributed by atoms with Gasteiger partial charge in [0.2, 0.25) is 5.41 Å². The number of carbonyl (C=O) groups excluding carboxylic acids is 4. The van der Waals surface area contributed by atoms with Gasteiger partial charge in [-0.1, -0.05) is 54.6 Å². The first-order chi connectivity index (χ1) is 22.4. The van der Waals surface area contributed by atoms with Crippen LogP contribution in [0.3, 0.4) is 0 Å². The number of thiazole rings is 1. The lowest BCUT2D eigenvalue weighted by atomic mass is 9.81.